The number of rotatable bonds is 1. The molecule has 0 aromatic heterocycles. The molecule has 1 aromatic carbocycles. The third-order valence-corrected chi connectivity index (χ3v) is 3.60. The summed E-state index contributed by atoms with van der Waals surface area (Å²) >= 11 is 0.566. The summed E-state index contributed by atoms with van der Waals surface area (Å²) in [6, 6.07) is 4.54. The van der Waals surface area contributed by atoms with Crippen molar-refractivity contribution in [1.29, 1.82) is 0 Å². The molecule has 1 unspecified atom stereocenters. The topological polar surface area (TPSA) is 46.5 Å². The van der Waals surface area contributed by atoms with Crippen LogP contribution in [0.4, 0.5) is 4.39 Å². The molecule has 4 nitrogen and oxygen atoms in total. The fourth-order valence-electron chi connectivity index (χ4n) is 1.69. The molecule has 0 fully saturated rings. The van der Waals surface area contributed by atoms with Crippen LogP contribution in [0.2, 0.25) is 0 Å². The Kier molecular flexibility index (Phi) is 2.93. The summed E-state index contributed by atoms with van der Waals surface area (Å²) < 4.78 is 11.8. The first kappa shape index (κ1) is 11.8. The molecule has 2 rings (SSSR count). The van der Waals surface area contributed by atoms with Gasteiger partial charge in [0.05, 0.1) is 12.6 Å². The maximum absolute atomic E-state index is 13.4. The molecule has 0 saturated heterocycles. The first-order valence-electron chi connectivity index (χ1n) is 4.98. The van der Waals surface area contributed by atoms with Crippen LogP contribution >= 0.6 is 11.9 Å². The number of hydrogen-bond donors (Lipinski definition) is 1. The zero-order chi connectivity index (χ0) is 11.9. The van der Waals surface area contributed by atoms with Gasteiger partial charge in [-0.25, -0.2) is 4.39 Å². The van der Waals surface area contributed by atoms with Gasteiger partial charge >= 0.3 is 0 Å². The lowest BCUT2D eigenvalue weighted by Crippen LogP contribution is -2.53. The molecule has 1 aliphatic heterocycles. The van der Waals surface area contributed by atoms with E-state index in [1.54, 1.807) is 12.1 Å². The van der Waals surface area contributed by atoms with Gasteiger partial charge in [0.2, 0.25) is 0 Å². The van der Waals surface area contributed by atoms with E-state index in [1.165, 1.54) is 11.1 Å². The van der Waals surface area contributed by atoms with E-state index in [0.717, 1.165) is 5.56 Å². The minimum Gasteiger partial charge on any atom is -0.565 e. The van der Waals surface area contributed by atoms with Crippen molar-refractivity contribution in [2.24, 2.45) is 0 Å². The van der Waals surface area contributed by atoms with Gasteiger partial charge in [-0.1, -0.05) is 16.5 Å². The molecule has 1 aliphatic rings. The molecule has 88 valence electrons. The van der Waals surface area contributed by atoms with Gasteiger partial charge in [0.1, 0.15) is 10.7 Å². The van der Waals surface area contributed by atoms with E-state index < -0.39 is 10.1 Å². The van der Waals surface area contributed by atoms with Crippen LogP contribution in [0.5, 0.6) is 0 Å². The number of quaternary nitrogens is 1. The largest absolute Gasteiger partial charge is 0.565 e. The van der Waals surface area contributed by atoms with Crippen molar-refractivity contribution in [3.05, 3.63) is 34.8 Å². The maximum atomic E-state index is 13.4. The summed E-state index contributed by atoms with van der Waals surface area (Å²) in [4.78, 5) is 0.233. The first-order chi connectivity index (χ1) is 7.42. The molecule has 6 heteroatoms. The Morgan fingerprint density at radius 2 is 2.25 bits per heavy atom. The second-order valence-corrected chi connectivity index (χ2v) is 5.07. The third-order valence-electron chi connectivity index (χ3n) is 2.51. The van der Waals surface area contributed by atoms with E-state index in [4.69, 9.17) is 0 Å². The van der Waals surface area contributed by atoms with Gasteiger partial charge in [-0.05, 0) is 25.5 Å². The number of nitrogens with zero attached hydrogens (tertiary/aromatic N) is 2. The van der Waals surface area contributed by atoms with Crippen LogP contribution in [0.15, 0.2) is 23.1 Å². The number of halogens is 1. The molecule has 16 heavy (non-hydrogen) atoms. The Morgan fingerprint density at radius 1 is 1.56 bits per heavy atom. The van der Waals surface area contributed by atoms with E-state index in [9.17, 15) is 14.8 Å². The van der Waals surface area contributed by atoms with Crippen LogP contribution in [0.25, 0.3) is 0 Å². The fourth-order valence-corrected chi connectivity index (χ4v) is 2.68. The zero-order valence-electron chi connectivity index (χ0n) is 9.05. The number of benzene rings is 1. The van der Waals surface area contributed by atoms with Crippen molar-refractivity contribution in [2.75, 3.05) is 0 Å². The van der Waals surface area contributed by atoms with Gasteiger partial charge in [0, 0.05) is 0 Å². The molecule has 0 saturated carbocycles. The second-order valence-electron chi connectivity index (χ2n) is 4.00. The average Bonchev–Trinajstić information content (AvgIpc) is 2.17. The van der Waals surface area contributed by atoms with Gasteiger partial charge < -0.3 is 5.21 Å². The van der Waals surface area contributed by atoms with Crippen LogP contribution in [0.1, 0.15) is 19.4 Å². The summed E-state index contributed by atoms with van der Waals surface area (Å²) in [6.07, 6.45) is 0. The Morgan fingerprint density at radius 3 is 2.88 bits per heavy atom. The quantitative estimate of drug-likeness (QED) is 0.468. The summed E-state index contributed by atoms with van der Waals surface area (Å²) in [6.45, 7) is 3.87. The molecule has 0 radical (unpaired) electrons. The Hall–Kier alpha value is -0.660. The van der Waals surface area contributed by atoms with E-state index >= 15 is 0 Å². The smallest absolute Gasteiger partial charge is 0.175 e. The van der Waals surface area contributed by atoms with Gasteiger partial charge in [0.15, 0.2) is 11.9 Å². The molecule has 0 aliphatic carbocycles. The summed E-state index contributed by atoms with van der Waals surface area (Å²) in [5.41, 5.74) is 0.734. The Labute approximate surface area is 97.5 Å². The summed E-state index contributed by atoms with van der Waals surface area (Å²) in [7, 11) is 0. The summed E-state index contributed by atoms with van der Waals surface area (Å²) in [5.74, 6) is -0.460. The first-order valence-corrected chi connectivity index (χ1v) is 5.76. The van der Waals surface area contributed by atoms with Crippen LogP contribution in [0.3, 0.4) is 0 Å². The molecule has 1 atom stereocenters. The fraction of sp³-hybridized carbons (Fsp3) is 0.400. The second kappa shape index (κ2) is 3.97. The van der Waals surface area contributed by atoms with Gasteiger partial charge in [0.25, 0.3) is 0 Å². The lowest BCUT2D eigenvalue weighted by Gasteiger charge is -2.44. The highest BCUT2D eigenvalue weighted by Crippen LogP contribution is 2.40. The average molecular weight is 244 g/mol. The van der Waals surface area contributed by atoms with E-state index in [0.29, 0.717) is 11.9 Å². The van der Waals surface area contributed by atoms with Crippen LogP contribution in [-0.2, 0) is 6.54 Å². The molecule has 0 bridgehead atoms. The number of fused-ring (bicyclic) bond motifs is 1. The normalized spacial score (nSPS) is 25.9. The lowest BCUT2D eigenvalue weighted by molar-refractivity contribution is -1.06. The highest BCUT2D eigenvalue weighted by molar-refractivity contribution is 7.93. The van der Waals surface area contributed by atoms with Crippen molar-refractivity contribution in [2.45, 2.75) is 31.3 Å². The standard InChI is InChI=1S/C10H13FN2O2S/c1-7(2)12-6-8-4-3-5-9(11)10(8)16-13(12,14)15/h3-5,7,14H,6H2,1-2H3. The zero-order valence-corrected chi connectivity index (χ0v) is 9.87. The third kappa shape index (κ3) is 1.94. The predicted octanol–water partition coefficient (Wildman–Crippen LogP) is 2.68. The minimum atomic E-state index is -1.61. The summed E-state index contributed by atoms with van der Waals surface area (Å²) in [5, 5.41) is 22.8. The minimum absolute atomic E-state index is 0.119. The lowest BCUT2D eigenvalue weighted by atomic mass is 10.2. The van der Waals surface area contributed by atoms with Crippen molar-refractivity contribution in [3.8, 4) is 0 Å². The van der Waals surface area contributed by atoms with Crippen molar-refractivity contribution in [1.82, 2.24) is 5.01 Å². The van der Waals surface area contributed by atoms with Gasteiger partial charge in [-0.3, -0.25) is 0 Å². The molecule has 1 N–H and O–H groups in total. The van der Waals surface area contributed by atoms with Crippen LogP contribution < -0.4 is 0 Å². The molecule has 0 spiro atoms. The van der Waals surface area contributed by atoms with Gasteiger partial charge in [-0.15, -0.1) is 5.01 Å². The van der Waals surface area contributed by atoms with Crippen LogP contribution in [-0.4, -0.2) is 20.6 Å². The number of hydrogen-bond acceptors (Lipinski definition) is 4. The van der Waals surface area contributed by atoms with Crippen LogP contribution in [0, 0.1) is 11.0 Å². The molecule has 0 amide bonds. The molecule has 1 aromatic rings. The predicted molar refractivity (Wildman–Crippen MR) is 58.3 cm³/mol. The Bertz CT molecular complexity index is 412. The SMILES string of the molecule is CC(C)N1Cc2cccc(F)c2S[N+]1([O-])O. The van der Waals surface area contributed by atoms with Crippen molar-refractivity contribution in [3.63, 3.8) is 0 Å². The van der Waals surface area contributed by atoms with Crippen molar-refractivity contribution >= 4 is 11.9 Å². The molecule has 1 heterocycles. The van der Waals surface area contributed by atoms with Crippen molar-refractivity contribution < 1.29 is 13.9 Å². The highest BCUT2D eigenvalue weighted by atomic mass is 32.2. The van der Waals surface area contributed by atoms with E-state index in [-0.39, 0.29) is 17.5 Å². The van der Waals surface area contributed by atoms with Gasteiger partial charge in [-0.2, -0.15) is 5.21 Å². The monoisotopic (exact) mass is 244 g/mol. The highest BCUT2D eigenvalue weighted by Gasteiger charge is 2.38. The van der Waals surface area contributed by atoms with E-state index in [1.807, 2.05) is 13.8 Å². The maximum Gasteiger partial charge on any atom is 0.175 e. The molecular weight excluding hydrogens is 231 g/mol. The molecular formula is C10H13FN2O2S. The van der Waals surface area contributed by atoms with E-state index in [2.05, 4.69) is 0 Å². The Balaban J connectivity index is 2.42.